The number of primary sulfonamides is 1. The van der Waals surface area contributed by atoms with Crippen molar-refractivity contribution in [3.05, 3.63) is 75.6 Å². The summed E-state index contributed by atoms with van der Waals surface area (Å²) >= 11 is 0. The van der Waals surface area contributed by atoms with Gasteiger partial charge in [-0.1, -0.05) is 38.1 Å². The number of nitrogens with one attached hydrogen (secondary N) is 2. The number of amides is 1. The maximum Gasteiger partial charge on any atom is 0.271 e. The summed E-state index contributed by atoms with van der Waals surface area (Å²) < 4.78 is 30.2. The Balaban J connectivity index is 1.73. The molecule has 2 atom stereocenters. The number of benzene rings is 2. The zero-order chi connectivity index (χ0) is 26.4. The third-order valence-electron chi connectivity index (χ3n) is 7.05. The minimum atomic E-state index is -4.13. The fourth-order valence-electron chi connectivity index (χ4n) is 5.37. The molecule has 0 radical (unpaired) electrons. The Morgan fingerprint density at radius 1 is 1.17 bits per heavy atom. The van der Waals surface area contributed by atoms with Crippen molar-refractivity contribution in [2.45, 2.75) is 49.8 Å². The first-order chi connectivity index (χ1) is 16.7. The number of hydrogen-bond acceptors (Lipinski definition) is 7. The highest BCUT2D eigenvalue weighted by Crippen LogP contribution is 2.59. The van der Waals surface area contributed by atoms with Crippen LogP contribution in [-0.4, -0.2) is 30.2 Å². The van der Waals surface area contributed by atoms with E-state index in [0.717, 1.165) is 5.56 Å². The molecule has 1 aliphatic heterocycles. The number of sulfonamides is 1. The van der Waals surface area contributed by atoms with Crippen molar-refractivity contribution in [1.82, 2.24) is 10.3 Å². The van der Waals surface area contributed by atoms with Crippen LogP contribution in [0.5, 0.6) is 5.75 Å². The number of fused-ring (bicyclic) bond motifs is 5. The zero-order valence-corrected chi connectivity index (χ0v) is 20.9. The molecule has 0 spiro atoms. The van der Waals surface area contributed by atoms with Gasteiger partial charge in [0.2, 0.25) is 21.3 Å². The van der Waals surface area contributed by atoms with Crippen LogP contribution >= 0.6 is 0 Å². The van der Waals surface area contributed by atoms with E-state index >= 15 is 0 Å². The van der Waals surface area contributed by atoms with E-state index in [0.29, 0.717) is 0 Å². The molecule has 36 heavy (non-hydrogen) atoms. The van der Waals surface area contributed by atoms with Crippen LogP contribution in [-0.2, 0) is 21.3 Å². The summed E-state index contributed by atoms with van der Waals surface area (Å²) in [6.07, 6.45) is 0. The van der Waals surface area contributed by atoms with Crippen LogP contribution < -0.4 is 20.9 Å². The van der Waals surface area contributed by atoms with Crippen molar-refractivity contribution in [3.8, 4) is 5.75 Å². The van der Waals surface area contributed by atoms with Crippen LogP contribution in [0.15, 0.2) is 41.3 Å². The van der Waals surface area contributed by atoms with Gasteiger partial charge in [0.1, 0.15) is 16.3 Å². The number of carbonyl (C=O) groups is 2. The maximum atomic E-state index is 14.0. The van der Waals surface area contributed by atoms with Gasteiger partial charge in [-0.25, -0.2) is 13.6 Å². The lowest BCUT2D eigenvalue weighted by molar-refractivity contribution is -0.169. The highest BCUT2D eigenvalue weighted by atomic mass is 32.2. The molecular weight excluding hydrogens is 484 g/mol. The number of Topliss-reactive ketones (excluding diaryl/α,β-unsaturated/α-hetero) is 1. The van der Waals surface area contributed by atoms with Crippen LogP contribution in [0.3, 0.4) is 0 Å². The molecule has 0 bridgehead atoms. The second-order valence-electron chi connectivity index (χ2n) is 9.58. The van der Waals surface area contributed by atoms with Gasteiger partial charge in [-0.2, -0.15) is 0 Å². The van der Waals surface area contributed by atoms with Gasteiger partial charge in [0.05, 0.1) is 5.56 Å². The molecule has 0 fully saturated rings. The normalized spacial score (nSPS) is 22.2. The maximum absolute atomic E-state index is 14.0. The summed E-state index contributed by atoms with van der Waals surface area (Å²) in [6.45, 7) is 6.88. The van der Waals surface area contributed by atoms with E-state index < -0.39 is 33.0 Å². The molecule has 2 unspecified atom stereocenters. The number of ether oxygens (including phenoxy) is 1. The summed E-state index contributed by atoms with van der Waals surface area (Å²) in [5, 5.41) is 20.0. The second kappa shape index (κ2) is 7.42. The molecule has 1 amide bonds. The minimum Gasteiger partial charge on any atom is -0.454 e. The van der Waals surface area contributed by atoms with Crippen LogP contribution in [0.2, 0.25) is 0 Å². The topological polar surface area (TPSA) is 178 Å². The van der Waals surface area contributed by atoms with Crippen molar-refractivity contribution < 1.29 is 27.9 Å². The quantitative estimate of drug-likeness (QED) is 0.333. The van der Waals surface area contributed by atoms with E-state index in [1.54, 1.807) is 24.3 Å². The summed E-state index contributed by atoms with van der Waals surface area (Å²) in [5.41, 5.74) is 5.66. The first-order valence-electron chi connectivity index (χ1n) is 11.3. The minimum absolute atomic E-state index is 0.0449. The van der Waals surface area contributed by atoms with E-state index in [1.807, 2.05) is 13.8 Å². The van der Waals surface area contributed by atoms with E-state index in [9.17, 15) is 23.1 Å². The van der Waals surface area contributed by atoms with Gasteiger partial charge in [0, 0.05) is 22.5 Å². The zero-order valence-electron chi connectivity index (χ0n) is 20.1. The monoisotopic (exact) mass is 510 g/mol. The van der Waals surface area contributed by atoms with Gasteiger partial charge in [-0.15, -0.1) is 0 Å². The van der Waals surface area contributed by atoms with Crippen LogP contribution in [0.1, 0.15) is 68.6 Å². The Bertz CT molecular complexity index is 1590. The van der Waals surface area contributed by atoms with Gasteiger partial charge in [0.25, 0.3) is 11.7 Å². The number of anilines is 1. The predicted molar refractivity (Wildman–Crippen MR) is 131 cm³/mol. The summed E-state index contributed by atoms with van der Waals surface area (Å²) in [7, 11) is -4.13. The van der Waals surface area contributed by atoms with E-state index in [2.05, 4.69) is 10.3 Å². The van der Waals surface area contributed by atoms with Crippen molar-refractivity contribution in [2.75, 3.05) is 5.73 Å². The molecule has 3 aromatic rings. The number of aromatic nitrogens is 1. The van der Waals surface area contributed by atoms with E-state index in [-0.39, 0.29) is 55.9 Å². The fourth-order valence-corrected chi connectivity index (χ4v) is 6.37. The summed E-state index contributed by atoms with van der Waals surface area (Å²) in [6, 6.07) is 9.81. The lowest BCUT2D eigenvalue weighted by Gasteiger charge is -2.34. The largest absolute Gasteiger partial charge is 0.454 e. The number of rotatable bonds is 4. The molecule has 2 aromatic carbocycles. The van der Waals surface area contributed by atoms with Crippen molar-refractivity contribution in [1.29, 1.82) is 0 Å². The van der Waals surface area contributed by atoms with Crippen LogP contribution in [0.4, 0.5) is 5.69 Å². The molecule has 7 N–H and O–H groups in total. The molecule has 1 aliphatic carbocycles. The first-order valence-corrected chi connectivity index (χ1v) is 12.8. The van der Waals surface area contributed by atoms with Gasteiger partial charge >= 0.3 is 0 Å². The number of H-pyrrole nitrogens is 1. The Labute approximate surface area is 207 Å². The van der Waals surface area contributed by atoms with Gasteiger partial charge in [0.15, 0.2) is 0 Å². The molecule has 2 aliphatic rings. The second-order valence-corrected chi connectivity index (χ2v) is 11.1. The lowest BCUT2D eigenvalue weighted by atomic mass is 9.82. The highest BCUT2D eigenvalue weighted by Gasteiger charge is 2.72. The Morgan fingerprint density at radius 3 is 2.47 bits per heavy atom. The van der Waals surface area contributed by atoms with Crippen molar-refractivity contribution >= 4 is 27.4 Å². The van der Waals surface area contributed by atoms with Crippen LogP contribution in [0.25, 0.3) is 0 Å². The molecule has 188 valence electrons. The number of aliphatic hydroxyl groups is 1. The molecule has 0 saturated heterocycles. The number of nitrogen functional groups attached to an aromatic ring is 1. The summed E-state index contributed by atoms with van der Waals surface area (Å²) in [5.74, 6) is -3.38. The van der Waals surface area contributed by atoms with Gasteiger partial charge in [-0.3, -0.25) is 9.59 Å². The number of aryl methyl sites for hydroxylation is 1. The van der Waals surface area contributed by atoms with E-state index in [1.165, 1.54) is 26.0 Å². The average molecular weight is 511 g/mol. The summed E-state index contributed by atoms with van der Waals surface area (Å²) in [4.78, 5) is 30.2. The van der Waals surface area contributed by atoms with Crippen molar-refractivity contribution in [2.24, 2.45) is 5.14 Å². The number of nitrogens with two attached hydrogens (primary N) is 2. The number of hydrogen-bond donors (Lipinski definition) is 5. The Hall–Kier alpha value is -3.67. The Kier molecular flexibility index (Phi) is 4.95. The molecule has 2 heterocycles. The van der Waals surface area contributed by atoms with E-state index in [4.69, 9.17) is 15.6 Å². The Morgan fingerprint density at radius 2 is 1.86 bits per heavy atom. The fraction of sp³-hybridized carbons (Fsp3) is 0.280. The molecule has 10 nitrogen and oxygen atoms in total. The third kappa shape index (κ3) is 2.93. The van der Waals surface area contributed by atoms with Gasteiger partial charge in [-0.05, 0) is 43.0 Å². The first kappa shape index (κ1) is 24.0. The van der Waals surface area contributed by atoms with Gasteiger partial charge < -0.3 is 25.9 Å². The molecule has 5 rings (SSSR count). The smallest absolute Gasteiger partial charge is 0.271 e. The predicted octanol–water partition coefficient (Wildman–Crippen LogP) is 2.04. The number of ketones is 1. The lowest BCUT2D eigenvalue weighted by Crippen LogP contribution is -2.60. The molecule has 11 heteroatoms. The average Bonchev–Trinajstić information content (AvgIpc) is 3.29. The van der Waals surface area contributed by atoms with Crippen molar-refractivity contribution in [3.63, 3.8) is 0 Å². The third-order valence-corrected chi connectivity index (χ3v) is 8.23. The number of aromatic amines is 1. The molecule has 1 aromatic heterocycles. The molecular formula is C25H26N4O6S. The molecule has 0 saturated carbocycles. The number of carbonyl (C=O) groups excluding carboxylic acids is 2. The standard InChI is InChI=1S/C25H26N4O6S/c1-11(2)14-8-9-15-18(10-14)35-25(32)16-6-5-7-17(26)19(16)22(30)24(15,25)29-23(31)20-12(3)21(13(4)28-20)36(27,33)34/h5-11,28,32H,26H2,1-4H3,(H,29,31)(H2,27,33,34). The SMILES string of the molecule is Cc1[nH]c(C(=O)NC23C(=O)c4c(N)cccc4C2(O)Oc2cc(C(C)C)ccc23)c(C)c1S(N)(=O)=O. The highest BCUT2D eigenvalue weighted by molar-refractivity contribution is 7.89. The van der Waals surface area contributed by atoms with Crippen LogP contribution in [0, 0.1) is 13.8 Å².